The van der Waals surface area contributed by atoms with Crippen molar-refractivity contribution >= 4 is 0 Å². The highest BCUT2D eigenvalue weighted by Gasteiger charge is 2.22. The molecule has 0 rings (SSSR count). The molecule has 0 aliphatic carbocycles. The Kier molecular flexibility index (Phi) is 3.59. The SMILES string of the molecule is CC(C)=COC(C)C(C)(C)O. The second-order valence-corrected chi connectivity index (χ2v) is 3.63. The van der Waals surface area contributed by atoms with Gasteiger partial charge in [-0.05, 0) is 40.2 Å². The van der Waals surface area contributed by atoms with E-state index in [1.54, 1.807) is 20.1 Å². The second kappa shape index (κ2) is 3.77. The van der Waals surface area contributed by atoms with Crippen LogP contribution in [0.5, 0.6) is 0 Å². The molecule has 0 fully saturated rings. The second-order valence-electron chi connectivity index (χ2n) is 3.63. The van der Waals surface area contributed by atoms with Gasteiger partial charge in [-0.15, -0.1) is 0 Å². The molecule has 1 unspecified atom stereocenters. The van der Waals surface area contributed by atoms with Gasteiger partial charge in [0.2, 0.25) is 0 Å². The molecule has 0 bridgehead atoms. The first kappa shape index (κ1) is 10.5. The summed E-state index contributed by atoms with van der Waals surface area (Å²) in [6.07, 6.45) is 1.50. The summed E-state index contributed by atoms with van der Waals surface area (Å²) in [6, 6.07) is 0. The lowest BCUT2D eigenvalue weighted by Gasteiger charge is -2.25. The Bertz CT molecular complexity index is 138. The van der Waals surface area contributed by atoms with Gasteiger partial charge in [-0.3, -0.25) is 0 Å². The van der Waals surface area contributed by atoms with Gasteiger partial charge in [0.05, 0.1) is 11.9 Å². The molecule has 0 saturated heterocycles. The van der Waals surface area contributed by atoms with Crippen LogP contribution in [0.3, 0.4) is 0 Å². The molecule has 0 spiro atoms. The number of hydrogen-bond acceptors (Lipinski definition) is 2. The summed E-state index contributed by atoms with van der Waals surface area (Å²) in [4.78, 5) is 0. The highest BCUT2D eigenvalue weighted by Crippen LogP contribution is 2.12. The van der Waals surface area contributed by atoms with Crippen LogP contribution in [-0.4, -0.2) is 16.8 Å². The van der Waals surface area contributed by atoms with Crippen molar-refractivity contribution in [1.29, 1.82) is 0 Å². The highest BCUT2D eigenvalue weighted by atomic mass is 16.5. The molecule has 1 N–H and O–H groups in total. The Labute approximate surface area is 68.9 Å². The lowest BCUT2D eigenvalue weighted by atomic mass is 10.0. The van der Waals surface area contributed by atoms with E-state index in [1.165, 1.54) is 0 Å². The number of rotatable bonds is 3. The van der Waals surface area contributed by atoms with Crippen LogP contribution >= 0.6 is 0 Å². The number of aliphatic hydroxyl groups is 1. The fourth-order valence-corrected chi connectivity index (χ4v) is 0.405. The van der Waals surface area contributed by atoms with Gasteiger partial charge in [-0.1, -0.05) is 0 Å². The molecule has 0 aliphatic rings. The van der Waals surface area contributed by atoms with E-state index in [0.29, 0.717) is 0 Å². The molecule has 0 amide bonds. The van der Waals surface area contributed by atoms with Crippen LogP contribution in [0.1, 0.15) is 34.6 Å². The van der Waals surface area contributed by atoms with Crippen LogP contribution in [-0.2, 0) is 4.74 Å². The van der Waals surface area contributed by atoms with Crippen molar-refractivity contribution in [1.82, 2.24) is 0 Å². The van der Waals surface area contributed by atoms with Gasteiger partial charge in [-0.25, -0.2) is 0 Å². The maximum absolute atomic E-state index is 9.44. The Morgan fingerprint density at radius 3 is 2.18 bits per heavy atom. The molecular weight excluding hydrogens is 140 g/mol. The summed E-state index contributed by atoms with van der Waals surface area (Å²) in [5.41, 5.74) is 0.326. The maximum atomic E-state index is 9.44. The quantitative estimate of drug-likeness (QED) is 0.637. The lowest BCUT2D eigenvalue weighted by Crippen LogP contribution is -2.34. The lowest BCUT2D eigenvalue weighted by molar-refractivity contribution is -0.0450. The summed E-state index contributed by atoms with van der Waals surface area (Å²) in [5.74, 6) is 0. The van der Waals surface area contributed by atoms with Gasteiger partial charge in [0.25, 0.3) is 0 Å². The molecule has 2 heteroatoms. The van der Waals surface area contributed by atoms with Crippen molar-refractivity contribution in [3.8, 4) is 0 Å². The van der Waals surface area contributed by atoms with Crippen molar-refractivity contribution in [2.45, 2.75) is 46.3 Å². The monoisotopic (exact) mass is 158 g/mol. The van der Waals surface area contributed by atoms with Crippen molar-refractivity contribution in [2.24, 2.45) is 0 Å². The molecule has 11 heavy (non-hydrogen) atoms. The third-order valence-corrected chi connectivity index (χ3v) is 1.50. The van der Waals surface area contributed by atoms with Gasteiger partial charge in [0.1, 0.15) is 6.10 Å². The van der Waals surface area contributed by atoms with Crippen LogP contribution in [0.2, 0.25) is 0 Å². The van der Waals surface area contributed by atoms with Crippen LogP contribution < -0.4 is 0 Å². The van der Waals surface area contributed by atoms with Gasteiger partial charge < -0.3 is 9.84 Å². The predicted octanol–water partition coefficient (Wildman–Crippen LogP) is 2.09. The number of allylic oxidation sites excluding steroid dienone is 1. The average Bonchev–Trinajstić information content (AvgIpc) is 1.80. The van der Waals surface area contributed by atoms with Crippen LogP contribution in [0.25, 0.3) is 0 Å². The highest BCUT2D eigenvalue weighted by molar-refractivity contribution is 4.88. The minimum atomic E-state index is -0.772. The van der Waals surface area contributed by atoms with E-state index in [2.05, 4.69) is 0 Å². The zero-order valence-electron chi connectivity index (χ0n) is 8.01. The summed E-state index contributed by atoms with van der Waals surface area (Å²) in [7, 11) is 0. The topological polar surface area (TPSA) is 29.5 Å². The third kappa shape index (κ3) is 4.85. The zero-order chi connectivity index (χ0) is 9.07. The molecule has 2 nitrogen and oxygen atoms in total. The molecule has 1 atom stereocenters. The minimum Gasteiger partial charge on any atom is -0.495 e. The van der Waals surface area contributed by atoms with E-state index < -0.39 is 5.60 Å². The van der Waals surface area contributed by atoms with Crippen molar-refractivity contribution < 1.29 is 9.84 Å². The zero-order valence-corrected chi connectivity index (χ0v) is 8.01. The normalized spacial score (nSPS) is 14.0. The van der Waals surface area contributed by atoms with E-state index in [9.17, 15) is 5.11 Å². The van der Waals surface area contributed by atoms with Gasteiger partial charge in [0, 0.05) is 0 Å². The molecule has 0 heterocycles. The Balaban J connectivity index is 3.89. The van der Waals surface area contributed by atoms with Gasteiger partial charge in [-0.2, -0.15) is 0 Å². The average molecular weight is 158 g/mol. The van der Waals surface area contributed by atoms with E-state index in [-0.39, 0.29) is 6.10 Å². The fraction of sp³-hybridized carbons (Fsp3) is 0.778. The fourth-order valence-electron chi connectivity index (χ4n) is 0.405. The molecule has 0 aromatic heterocycles. The first-order chi connectivity index (χ1) is 4.84. The molecule has 0 saturated carbocycles. The first-order valence-corrected chi connectivity index (χ1v) is 3.85. The molecule has 66 valence electrons. The van der Waals surface area contributed by atoms with Crippen molar-refractivity contribution in [3.05, 3.63) is 11.8 Å². The maximum Gasteiger partial charge on any atom is 0.123 e. The molecule has 0 aliphatic heterocycles. The Morgan fingerprint density at radius 2 is 1.91 bits per heavy atom. The summed E-state index contributed by atoms with van der Waals surface area (Å²) < 4.78 is 5.26. The van der Waals surface area contributed by atoms with Crippen LogP contribution in [0, 0.1) is 0 Å². The van der Waals surface area contributed by atoms with Gasteiger partial charge >= 0.3 is 0 Å². The smallest absolute Gasteiger partial charge is 0.123 e. The number of ether oxygens (including phenoxy) is 1. The number of hydrogen-bond donors (Lipinski definition) is 1. The standard InChI is InChI=1S/C9H18O2/c1-7(2)6-11-8(3)9(4,5)10/h6,8,10H,1-5H3. The molecule has 0 radical (unpaired) electrons. The summed E-state index contributed by atoms with van der Waals surface area (Å²) in [6.45, 7) is 9.22. The predicted molar refractivity (Wildman–Crippen MR) is 46.3 cm³/mol. The van der Waals surface area contributed by atoms with Gasteiger partial charge in [0.15, 0.2) is 0 Å². The summed E-state index contributed by atoms with van der Waals surface area (Å²) >= 11 is 0. The third-order valence-electron chi connectivity index (χ3n) is 1.50. The van der Waals surface area contributed by atoms with Crippen LogP contribution in [0.15, 0.2) is 11.8 Å². The Hall–Kier alpha value is -0.500. The molecule has 0 aromatic rings. The van der Waals surface area contributed by atoms with E-state index in [0.717, 1.165) is 5.57 Å². The molecular formula is C9H18O2. The largest absolute Gasteiger partial charge is 0.495 e. The van der Waals surface area contributed by atoms with Crippen molar-refractivity contribution in [3.63, 3.8) is 0 Å². The summed E-state index contributed by atoms with van der Waals surface area (Å²) in [5, 5.41) is 9.44. The van der Waals surface area contributed by atoms with E-state index in [4.69, 9.17) is 4.74 Å². The van der Waals surface area contributed by atoms with Crippen LogP contribution in [0.4, 0.5) is 0 Å². The molecule has 0 aromatic carbocycles. The Morgan fingerprint density at radius 1 is 1.45 bits per heavy atom. The van der Waals surface area contributed by atoms with Crippen molar-refractivity contribution in [2.75, 3.05) is 0 Å². The van der Waals surface area contributed by atoms with E-state index >= 15 is 0 Å². The minimum absolute atomic E-state index is 0.169. The first-order valence-electron chi connectivity index (χ1n) is 3.85. The van der Waals surface area contributed by atoms with E-state index in [1.807, 2.05) is 20.8 Å².